The van der Waals surface area contributed by atoms with Gasteiger partial charge in [-0.1, -0.05) is 30.3 Å². The molecule has 2 aromatic carbocycles. The number of hydroxylamine groups is 1. The molecule has 0 radical (unpaired) electrons. The van der Waals surface area contributed by atoms with Gasteiger partial charge in [-0.3, -0.25) is 4.84 Å². The Hall–Kier alpha value is -2.54. The lowest BCUT2D eigenvalue weighted by atomic mass is 10.2. The number of carbonyl (C=O) groups excluding carboxylic acids is 1. The number of urea groups is 1. The summed E-state index contributed by atoms with van der Waals surface area (Å²) in [6, 6.07) is 9.71. The van der Waals surface area contributed by atoms with Gasteiger partial charge in [0.2, 0.25) is 0 Å². The number of carbonyl (C=O) groups is 1. The van der Waals surface area contributed by atoms with Crippen LogP contribution in [-0.2, 0) is 11.4 Å². The second-order valence-corrected chi connectivity index (χ2v) is 4.05. The average Bonchev–Trinajstić information content (AvgIpc) is 2.49. The summed E-state index contributed by atoms with van der Waals surface area (Å²) in [5, 5.41) is 2.01. The molecular weight excluding hydrogens is 285 g/mol. The van der Waals surface area contributed by atoms with Gasteiger partial charge in [0.1, 0.15) is 0 Å². The number of rotatable bonds is 4. The first-order chi connectivity index (χ1) is 10.1. The van der Waals surface area contributed by atoms with Crippen LogP contribution in [0.3, 0.4) is 0 Å². The van der Waals surface area contributed by atoms with Crippen molar-refractivity contribution >= 4 is 11.7 Å². The normalized spacial score (nSPS) is 10.2. The van der Waals surface area contributed by atoms with Crippen LogP contribution in [0.25, 0.3) is 0 Å². The van der Waals surface area contributed by atoms with Crippen LogP contribution in [0.15, 0.2) is 42.5 Å². The number of anilines is 1. The zero-order valence-corrected chi connectivity index (χ0v) is 10.7. The van der Waals surface area contributed by atoms with Gasteiger partial charge in [0.05, 0.1) is 12.3 Å². The van der Waals surface area contributed by atoms with Crippen LogP contribution in [0.4, 0.5) is 23.7 Å². The van der Waals surface area contributed by atoms with Crippen molar-refractivity contribution in [3.63, 3.8) is 0 Å². The molecule has 0 aliphatic rings. The third-order valence-corrected chi connectivity index (χ3v) is 2.53. The van der Waals surface area contributed by atoms with Gasteiger partial charge in [0.15, 0.2) is 17.5 Å². The lowest BCUT2D eigenvalue weighted by molar-refractivity contribution is 0.0535. The monoisotopic (exact) mass is 296 g/mol. The largest absolute Gasteiger partial charge is 0.343 e. The zero-order chi connectivity index (χ0) is 15.2. The number of halogens is 3. The fourth-order valence-electron chi connectivity index (χ4n) is 1.53. The Kier molecular flexibility index (Phi) is 4.78. The minimum absolute atomic E-state index is 0.106. The molecular formula is C14H11F3N2O2. The minimum atomic E-state index is -1.65. The highest BCUT2D eigenvalue weighted by molar-refractivity contribution is 5.88. The highest BCUT2D eigenvalue weighted by atomic mass is 19.2. The van der Waals surface area contributed by atoms with Gasteiger partial charge < -0.3 is 5.32 Å². The molecule has 2 amide bonds. The number of amides is 2. The van der Waals surface area contributed by atoms with E-state index in [0.717, 1.165) is 11.6 Å². The zero-order valence-electron chi connectivity index (χ0n) is 10.7. The summed E-state index contributed by atoms with van der Waals surface area (Å²) in [4.78, 5) is 16.3. The Morgan fingerprint density at radius 1 is 1.00 bits per heavy atom. The quantitative estimate of drug-likeness (QED) is 0.671. The summed E-state index contributed by atoms with van der Waals surface area (Å²) in [6.45, 7) is 0.106. The molecule has 7 heteroatoms. The van der Waals surface area contributed by atoms with Crippen LogP contribution in [-0.4, -0.2) is 6.03 Å². The predicted molar refractivity (Wildman–Crippen MR) is 69.7 cm³/mol. The maximum Gasteiger partial charge on any atom is 0.343 e. The van der Waals surface area contributed by atoms with E-state index in [0.29, 0.717) is 6.07 Å². The van der Waals surface area contributed by atoms with Crippen LogP contribution in [0.5, 0.6) is 0 Å². The maximum absolute atomic E-state index is 13.3. The summed E-state index contributed by atoms with van der Waals surface area (Å²) in [5.41, 5.74) is 2.33. The SMILES string of the molecule is O=C(NOCc1ccccc1)Nc1ccc(F)c(F)c1F. The van der Waals surface area contributed by atoms with E-state index in [4.69, 9.17) is 4.84 Å². The first-order valence-corrected chi connectivity index (χ1v) is 5.94. The molecule has 0 heterocycles. The minimum Gasteiger partial charge on any atom is -0.303 e. The smallest absolute Gasteiger partial charge is 0.303 e. The molecule has 0 unspecified atom stereocenters. The fourth-order valence-corrected chi connectivity index (χ4v) is 1.53. The summed E-state index contributed by atoms with van der Waals surface area (Å²) in [5.74, 6) is -4.47. The lowest BCUT2D eigenvalue weighted by Crippen LogP contribution is -2.29. The first kappa shape index (κ1) is 14.9. The van der Waals surface area contributed by atoms with Crippen LogP contribution in [0, 0.1) is 17.5 Å². The van der Waals surface area contributed by atoms with Crippen molar-refractivity contribution in [1.82, 2.24) is 5.48 Å². The molecule has 110 valence electrons. The van der Waals surface area contributed by atoms with E-state index in [1.807, 2.05) is 16.9 Å². The molecule has 21 heavy (non-hydrogen) atoms. The molecule has 0 atom stereocenters. The molecule has 0 saturated carbocycles. The van der Waals surface area contributed by atoms with Gasteiger partial charge in [-0.25, -0.2) is 23.4 Å². The Morgan fingerprint density at radius 2 is 1.71 bits per heavy atom. The summed E-state index contributed by atoms with van der Waals surface area (Å²) >= 11 is 0. The highest BCUT2D eigenvalue weighted by Crippen LogP contribution is 2.19. The van der Waals surface area contributed by atoms with Gasteiger partial charge in [-0.2, -0.15) is 0 Å². The highest BCUT2D eigenvalue weighted by Gasteiger charge is 2.15. The number of benzene rings is 2. The molecule has 2 N–H and O–H groups in total. The Labute approximate surface area is 118 Å². The van der Waals surface area contributed by atoms with Crippen molar-refractivity contribution in [3.8, 4) is 0 Å². The molecule has 2 rings (SSSR count). The van der Waals surface area contributed by atoms with Gasteiger partial charge in [0.25, 0.3) is 0 Å². The molecule has 0 spiro atoms. The number of hydrogen-bond acceptors (Lipinski definition) is 2. The molecule has 4 nitrogen and oxygen atoms in total. The lowest BCUT2D eigenvalue weighted by Gasteiger charge is -2.09. The molecule has 2 aromatic rings. The van der Waals surface area contributed by atoms with Crippen LogP contribution >= 0.6 is 0 Å². The summed E-state index contributed by atoms with van der Waals surface area (Å²) < 4.78 is 39.0. The Morgan fingerprint density at radius 3 is 2.43 bits per heavy atom. The molecule has 0 bridgehead atoms. The Bertz CT molecular complexity index is 636. The van der Waals surface area contributed by atoms with Crippen molar-refractivity contribution in [2.75, 3.05) is 5.32 Å². The maximum atomic E-state index is 13.3. The molecule has 0 fully saturated rings. The van der Waals surface area contributed by atoms with Gasteiger partial charge in [0, 0.05) is 0 Å². The van der Waals surface area contributed by atoms with E-state index in [1.165, 1.54) is 0 Å². The summed E-state index contributed by atoms with van der Waals surface area (Å²) in [6.07, 6.45) is 0. The van der Waals surface area contributed by atoms with Crippen molar-refractivity contribution < 1.29 is 22.8 Å². The van der Waals surface area contributed by atoms with E-state index in [9.17, 15) is 18.0 Å². The van der Waals surface area contributed by atoms with Crippen LogP contribution < -0.4 is 10.8 Å². The molecule has 0 saturated heterocycles. The van der Waals surface area contributed by atoms with E-state index in [2.05, 4.69) is 0 Å². The third-order valence-electron chi connectivity index (χ3n) is 2.53. The predicted octanol–water partition coefficient (Wildman–Crippen LogP) is 3.36. The molecule has 0 aliphatic carbocycles. The van der Waals surface area contributed by atoms with Crippen molar-refractivity contribution in [2.45, 2.75) is 6.61 Å². The van der Waals surface area contributed by atoms with Crippen LogP contribution in [0.1, 0.15) is 5.56 Å². The van der Waals surface area contributed by atoms with E-state index in [-0.39, 0.29) is 6.61 Å². The van der Waals surface area contributed by atoms with Gasteiger partial charge >= 0.3 is 6.03 Å². The standard InChI is InChI=1S/C14H11F3N2O2/c15-10-6-7-11(13(17)12(10)16)18-14(20)19-21-8-9-4-2-1-3-5-9/h1-7H,8H2,(H2,18,19,20). The number of hydrogen-bond donors (Lipinski definition) is 2. The number of nitrogens with one attached hydrogen (secondary N) is 2. The van der Waals surface area contributed by atoms with Crippen molar-refractivity contribution in [2.24, 2.45) is 0 Å². The van der Waals surface area contributed by atoms with Crippen LogP contribution in [0.2, 0.25) is 0 Å². The van der Waals surface area contributed by atoms with E-state index < -0.39 is 29.2 Å². The van der Waals surface area contributed by atoms with Gasteiger partial charge in [-0.15, -0.1) is 0 Å². The van der Waals surface area contributed by atoms with Crippen molar-refractivity contribution in [3.05, 3.63) is 65.5 Å². The first-order valence-electron chi connectivity index (χ1n) is 5.94. The van der Waals surface area contributed by atoms with Gasteiger partial charge in [-0.05, 0) is 17.7 Å². The second-order valence-electron chi connectivity index (χ2n) is 4.05. The topological polar surface area (TPSA) is 50.4 Å². The third kappa shape index (κ3) is 3.96. The van der Waals surface area contributed by atoms with Crippen molar-refractivity contribution in [1.29, 1.82) is 0 Å². The molecule has 0 aliphatic heterocycles. The summed E-state index contributed by atoms with van der Waals surface area (Å²) in [7, 11) is 0. The molecule has 0 aromatic heterocycles. The Balaban J connectivity index is 1.86. The second kappa shape index (κ2) is 6.76. The van der Waals surface area contributed by atoms with E-state index >= 15 is 0 Å². The average molecular weight is 296 g/mol. The fraction of sp³-hybridized carbons (Fsp3) is 0.0714. The van der Waals surface area contributed by atoms with E-state index in [1.54, 1.807) is 24.3 Å².